The van der Waals surface area contributed by atoms with Crippen LogP contribution in [-0.4, -0.2) is 27.6 Å². The van der Waals surface area contributed by atoms with E-state index in [0.717, 1.165) is 28.2 Å². The number of rotatable bonds is 6. The maximum atomic E-state index is 12.6. The van der Waals surface area contributed by atoms with Gasteiger partial charge in [-0.1, -0.05) is 83.5 Å². The van der Waals surface area contributed by atoms with E-state index in [2.05, 4.69) is 46.9 Å². The van der Waals surface area contributed by atoms with Crippen LogP contribution in [0.25, 0.3) is 22.4 Å². The molecule has 3 aromatic carbocycles. The van der Waals surface area contributed by atoms with Crippen molar-refractivity contribution in [1.29, 1.82) is 0 Å². The molecule has 1 aromatic heterocycles. The van der Waals surface area contributed by atoms with Crippen molar-refractivity contribution >= 4 is 17.9 Å². The van der Waals surface area contributed by atoms with E-state index < -0.39 is 12.2 Å². The summed E-state index contributed by atoms with van der Waals surface area (Å²) in [6.07, 6.45) is -0.150. The fourth-order valence-corrected chi connectivity index (χ4v) is 4.10. The van der Waals surface area contributed by atoms with Gasteiger partial charge in [0.15, 0.2) is 5.76 Å². The Morgan fingerprint density at radius 2 is 1.42 bits per heavy atom. The Balaban J connectivity index is 0.000000786. The first-order chi connectivity index (χ1) is 18.2. The van der Waals surface area contributed by atoms with E-state index in [1.807, 2.05) is 50.2 Å². The fraction of sp³-hybridized carbons (Fsp3) is 0.233. The van der Waals surface area contributed by atoms with Gasteiger partial charge in [0, 0.05) is 5.56 Å². The van der Waals surface area contributed by atoms with Crippen molar-refractivity contribution < 1.29 is 29.1 Å². The number of anilines is 1. The molecule has 1 atom stereocenters. The lowest BCUT2D eigenvalue weighted by atomic mass is 10.00. The van der Waals surface area contributed by atoms with E-state index in [0.29, 0.717) is 17.1 Å². The van der Waals surface area contributed by atoms with Crippen molar-refractivity contribution in [1.82, 2.24) is 5.16 Å². The third kappa shape index (κ3) is 6.79. The van der Waals surface area contributed by atoms with Gasteiger partial charge in [-0.15, -0.1) is 0 Å². The van der Waals surface area contributed by atoms with Crippen LogP contribution in [0.3, 0.4) is 0 Å². The second-order valence-corrected chi connectivity index (χ2v) is 9.30. The summed E-state index contributed by atoms with van der Waals surface area (Å²) in [5, 5.41) is 20.9. The van der Waals surface area contributed by atoms with Crippen LogP contribution in [0, 0.1) is 13.8 Å². The third-order valence-corrected chi connectivity index (χ3v) is 6.37. The lowest BCUT2D eigenvalue weighted by Crippen LogP contribution is -2.16. The van der Waals surface area contributed by atoms with Crippen LogP contribution >= 0.6 is 0 Å². The Morgan fingerprint density at radius 1 is 0.895 bits per heavy atom. The molecular weight excluding hydrogens is 484 g/mol. The Bertz CT molecular complexity index is 1380. The van der Waals surface area contributed by atoms with Crippen molar-refractivity contribution in [3.05, 3.63) is 95.2 Å². The first-order valence-electron chi connectivity index (χ1n) is 12.3. The van der Waals surface area contributed by atoms with Gasteiger partial charge in [0.25, 0.3) is 0 Å². The van der Waals surface area contributed by atoms with Crippen molar-refractivity contribution in [2.75, 3.05) is 5.32 Å². The number of aryl methyl sites for hydroxylation is 2. The van der Waals surface area contributed by atoms with Crippen LogP contribution in [0.1, 0.15) is 54.2 Å². The summed E-state index contributed by atoms with van der Waals surface area (Å²) < 4.78 is 11.0. The lowest BCUT2D eigenvalue weighted by Gasteiger charge is -2.14. The molecule has 0 saturated heterocycles. The largest absolute Gasteiger partial charge is 0.503 e. The first-order valence-corrected chi connectivity index (χ1v) is 12.3. The second-order valence-electron chi connectivity index (χ2n) is 9.30. The zero-order valence-corrected chi connectivity index (χ0v) is 21.5. The number of carboxylic acid groups (broad SMARTS) is 2. The number of nitrogens with zero attached hydrogens (tertiary/aromatic N) is 1. The molecule has 1 heterocycles. The smallest absolute Gasteiger partial charge is 0.450 e. The number of aromatic nitrogens is 1. The molecule has 1 aliphatic rings. The molecule has 3 N–H and O–H groups in total. The molecule has 0 bridgehead atoms. The van der Waals surface area contributed by atoms with Crippen molar-refractivity contribution in [3.63, 3.8) is 0 Å². The van der Waals surface area contributed by atoms with Gasteiger partial charge in [-0.25, -0.2) is 9.59 Å². The van der Waals surface area contributed by atoms with Crippen molar-refractivity contribution in [2.45, 2.75) is 45.6 Å². The Labute approximate surface area is 220 Å². The standard InChI is InChI=1S/C29H28N2O3.CH2O3/c1-18-4-6-21(7-5-18)19(2)33-29(32)30-27-20(3)34-31-28(27)26-16-14-25(15-17-26)24-12-10-23(11-13-24)22-8-9-22;2-1(3)4/h4-7,10-17,19,22H,8-9H2,1-3H3,(H,30,32);(H2,2,3,4)/t19-;/m1./s1. The minimum Gasteiger partial charge on any atom is -0.450 e. The number of ether oxygens (including phenoxy) is 1. The molecular formula is C30H30N2O6. The molecule has 1 fully saturated rings. The Hall–Kier alpha value is -4.59. The summed E-state index contributed by atoms with van der Waals surface area (Å²) in [7, 11) is 0. The van der Waals surface area contributed by atoms with Gasteiger partial charge in [-0.05, 0) is 61.8 Å². The van der Waals surface area contributed by atoms with Gasteiger partial charge in [0.05, 0.1) is 0 Å². The normalized spacial score (nSPS) is 13.1. The Morgan fingerprint density at radius 3 is 1.97 bits per heavy atom. The number of hydrogen-bond acceptors (Lipinski definition) is 5. The van der Waals surface area contributed by atoms with Gasteiger partial charge in [-0.3, -0.25) is 5.32 Å². The third-order valence-electron chi connectivity index (χ3n) is 6.37. The molecule has 0 radical (unpaired) electrons. The van der Waals surface area contributed by atoms with Gasteiger partial charge < -0.3 is 19.5 Å². The summed E-state index contributed by atoms with van der Waals surface area (Å²) in [5.74, 6) is 1.28. The average Bonchev–Trinajstić information content (AvgIpc) is 3.68. The topological polar surface area (TPSA) is 122 Å². The molecule has 4 aromatic rings. The molecule has 1 aliphatic carbocycles. The molecule has 0 aliphatic heterocycles. The minimum atomic E-state index is -1.83. The van der Waals surface area contributed by atoms with Crippen molar-refractivity contribution in [3.8, 4) is 22.4 Å². The highest BCUT2D eigenvalue weighted by molar-refractivity contribution is 5.91. The molecule has 38 heavy (non-hydrogen) atoms. The van der Waals surface area contributed by atoms with E-state index in [1.165, 1.54) is 24.0 Å². The summed E-state index contributed by atoms with van der Waals surface area (Å²) in [5.41, 5.74) is 7.78. The molecule has 8 heteroatoms. The quantitative estimate of drug-likeness (QED) is 0.238. The van der Waals surface area contributed by atoms with Crippen LogP contribution < -0.4 is 5.32 Å². The number of carbonyl (C=O) groups excluding carboxylic acids is 1. The van der Waals surface area contributed by atoms with E-state index in [1.54, 1.807) is 6.92 Å². The number of amides is 1. The van der Waals surface area contributed by atoms with Crippen molar-refractivity contribution in [2.24, 2.45) is 0 Å². The van der Waals surface area contributed by atoms with E-state index >= 15 is 0 Å². The van der Waals surface area contributed by atoms with Gasteiger partial charge in [0.1, 0.15) is 17.5 Å². The second kappa shape index (κ2) is 11.6. The van der Waals surface area contributed by atoms with Gasteiger partial charge in [0.2, 0.25) is 0 Å². The Kier molecular flexibility index (Phi) is 8.11. The summed E-state index contributed by atoms with van der Waals surface area (Å²) in [4.78, 5) is 21.2. The molecule has 1 amide bonds. The van der Waals surface area contributed by atoms with E-state index in [9.17, 15) is 4.79 Å². The van der Waals surface area contributed by atoms with Gasteiger partial charge >= 0.3 is 12.2 Å². The maximum absolute atomic E-state index is 12.6. The minimum absolute atomic E-state index is 0.380. The average molecular weight is 515 g/mol. The molecule has 1 saturated carbocycles. The van der Waals surface area contributed by atoms with Crippen LogP contribution in [0.15, 0.2) is 77.3 Å². The zero-order chi connectivity index (χ0) is 27.2. The van der Waals surface area contributed by atoms with Crippen LogP contribution in [0.4, 0.5) is 15.3 Å². The summed E-state index contributed by atoms with van der Waals surface area (Å²) >= 11 is 0. The van der Waals surface area contributed by atoms with E-state index in [4.69, 9.17) is 24.3 Å². The fourth-order valence-electron chi connectivity index (χ4n) is 4.10. The van der Waals surface area contributed by atoms with E-state index in [-0.39, 0.29) is 6.10 Å². The predicted octanol–water partition coefficient (Wildman–Crippen LogP) is 8.03. The lowest BCUT2D eigenvalue weighted by molar-refractivity contribution is 0.121. The van der Waals surface area contributed by atoms with Gasteiger partial charge in [-0.2, -0.15) is 0 Å². The molecule has 0 spiro atoms. The number of benzene rings is 3. The first kappa shape index (κ1) is 26.5. The van der Waals surface area contributed by atoms with Crippen LogP contribution in [0.2, 0.25) is 0 Å². The summed E-state index contributed by atoms with van der Waals surface area (Å²) in [6.45, 7) is 5.64. The highest BCUT2D eigenvalue weighted by Crippen LogP contribution is 2.40. The predicted molar refractivity (Wildman–Crippen MR) is 144 cm³/mol. The molecule has 8 nitrogen and oxygen atoms in total. The zero-order valence-electron chi connectivity index (χ0n) is 21.5. The van der Waals surface area contributed by atoms with Crippen LogP contribution in [0.5, 0.6) is 0 Å². The maximum Gasteiger partial charge on any atom is 0.503 e. The molecule has 0 unspecified atom stereocenters. The highest BCUT2D eigenvalue weighted by atomic mass is 16.6. The molecule has 196 valence electrons. The number of hydrogen-bond donors (Lipinski definition) is 3. The van der Waals surface area contributed by atoms with Crippen LogP contribution in [-0.2, 0) is 4.74 Å². The monoisotopic (exact) mass is 514 g/mol. The SMILES string of the molecule is Cc1ccc([C@@H](C)OC(=O)Nc2c(-c3ccc(-c4ccc(C5CC5)cc4)cc3)noc2C)cc1.O=C(O)O. The highest BCUT2D eigenvalue weighted by Gasteiger charge is 2.23. The summed E-state index contributed by atoms with van der Waals surface area (Å²) in [6, 6.07) is 24.9. The number of nitrogens with one attached hydrogen (secondary N) is 1. The molecule has 5 rings (SSSR count). The number of carbonyl (C=O) groups is 2.